The molecule has 0 atom stereocenters. The Labute approximate surface area is 95.8 Å². The molecule has 4 nitrogen and oxygen atoms in total. The molecule has 0 heterocycles. The zero-order chi connectivity index (χ0) is 11.8. The molecule has 0 unspecified atom stereocenters. The largest absolute Gasteiger partial charge is 0.493 e. The van der Waals surface area contributed by atoms with Crippen LogP contribution < -0.4 is 15.0 Å². The van der Waals surface area contributed by atoms with Gasteiger partial charge in [-0.3, -0.25) is 4.84 Å². The molecule has 88 valence electrons. The number of hydroxylamine groups is 1. The molecular formula is C12H17NO3. The van der Waals surface area contributed by atoms with Crippen LogP contribution in [-0.2, 0) is 4.84 Å². The molecule has 0 spiro atoms. The fourth-order valence-corrected chi connectivity index (χ4v) is 1.27. The zero-order valence-electron chi connectivity index (χ0n) is 9.82. The Hall–Kier alpha value is -1.52. The molecule has 0 amide bonds. The smallest absolute Gasteiger partial charge is 0.161 e. The summed E-state index contributed by atoms with van der Waals surface area (Å²) in [6.07, 6.45) is 3.87. The van der Waals surface area contributed by atoms with Crippen LogP contribution >= 0.6 is 0 Å². The van der Waals surface area contributed by atoms with Crippen molar-refractivity contribution in [3.05, 3.63) is 29.8 Å². The first-order valence-corrected chi connectivity index (χ1v) is 4.99. The van der Waals surface area contributed by atoms with Crippen LogP contribution in [0.4, 0.5) is 0 Å². The molecule has 0 aliphatic heterocycles. The Morgan fingerprint density at radius 3 is 2.56 bits per heavy atom. The van der Waals surface area contributed by atoms with E-state index < -0.39 is 0 Å². The molecule has 1 aromatic carbocycles. The van der Waals surface area contributed by atoms with Crippen LogP contribution in [0.15, 0.2) is 24.3 Å². The second-order valence-corrected chi connectivity index (χ2v) is 3.03. The number of methoxy groups -OCH3 is 2. The van der Waals surface area contributed by atoms with E-state index in [1.54, 1.807) is 21.3 Å². The Morgan fingerprint density at radius 1 is 1.19 bits per heavy atom. The van der Waals surface area contributed by atoms with Crippen molar-refractivity contribution in [2.24, 2.45) is 0 Å². The number of ether oxygens (including phenoxy) is 2. The summed E-state index contributed by atoms with van der Waals surface area (Å²) >= 11 is 0. The van der Waals surface area contributed by atoms with Gasteiger partial charge in [0.1, 0.15) is 0 Å². The molecule has 0 fully saturated rings. The maximum atomic E-state index is 5.20. The van der Waals surface area contributed by atoms with E-state index in [1.165, 1.54) is 0 Å². The van der Waals surface area contributed by atoms with Crippen molar-refractivity contribution in [2.45, 2.75) is 0 Å². The molecule has 0 aromatic heterocycles. The van der Waals surface area contributed by atoms with Gasteiger partial charge in [-0.2, -0.15) is 0 Å². The van der Waals surface area contributed by atoms with Crippen LogP contribution in [-0.4, -0.2) is 27.9 Å². The van der Waals surface area contributed by atoms with Crippen LogP contribution in [0.3, 0.4) is 0 Å². The van der Waals surface area contributed by atoms with E-state index in [4.69, 9.17) is 14.3 Å². The predicted molar refractivity (Wildman–Crippen MR) is 63.6 cm³/mol. The summed E-state index contributed by atoms with van der Waals surface area (Å²) < 4.78 is 10.4. The third-order valence-electron chi connectivity index (χ3n) is 2.04. The highest BCUT2D eigenvalue weighted by Crippen LogP contribution is 2.27. The van der Waals surface area contributed by atoms with Crippen LogP contribution in [0.25, 0.3) is 6.08 Å². The lowest BCUT2D eigenvalue weighted by molar-refractivity contribution is 0.0814. The van der Waals surface area contributed by atoms with Crippen molar-refractivity contribution >= 4 is 6.08 Å². The van der Waals surface area contributed by atoms with Crippen LogP contribution in [0, 0.1) is 0 Å². The molecule has 1 rings (SSSR count). The van der Waals surface area contributed by atoms with Gasteiger partial charge in [0.25, 0.3) is 0 Å². The summed E-state index contributed by atoms with van der Waals surface area (Å²) in [5.41, 5.74) is 3.64. The maximum absolute atomic E-state index is 5.20. The highest BCUT2D eigenvalue weighted by Gasteiger charge is 2.02. The lowest BCUT2D eigenvalue weighted by Gasteiger charge is -2.07. The molecular weight excluding hydrogens is 206 g/mol. The molecule has 1 N–H and O–H groups in total. The third-order valence-corrected chi connectivity index (χ3v) is 2.04. The van der Waals surface area contributed by atoms with E-state index in [0.717, 1.165) is 17.1 Å². The minimum atomic E-state index is 0.519. The van der Waals surface area contributed by atoms with Crippen molar-refractivity contribution in [1.29, 1.82) is 0 Å². The van der Waals surface area contributed by atoms with E-state index in [0.29, 0.717) is 6.61 Å². The Morgan fingerprint density at radius 2 is 1.94 bits per heavy atom. The van der Waals surface area contributed by atoms with Crippen molar-refractivity contribution < 1.29 is 14.3 Å². The minimum absolute atomic E-state index is 0.519. The number of rotatable bonds is 6. The van der Waals surface area contributed by atoms with Gasteiger partial charge < -0.3 is 9.47 Å². The first-order valence-electron chi connectivity index (χ1n) is 4.99. The van der Waals surface area contributed by atoms with Gasteiger partial charge in [-0.15, -0.1) is 0 Å². The second-order valence-electron chi connectivity index (χ2n) is 3.03. The molecule has 0 saturated carbocycles. The molecule has 0 saturated heterocycles. The highest BCUT2D eigenvalue weighted by molar-refractivity contribution is 5.55. The lowest BCUT2D eigenvalue weighted by Crippen LogP contribution is -2.06. The fraction of sp³-hybridized carbons (Fsp3) is 0.333. The fourth-order valence-electron chi connectivity index (χ4n) is 1.27. The monoisotopic (exact) mass is 223 g/mol. The number of hydrogen-bond acceptors (Lipinski definition) is 4. The normalized spacial score (nSPS) is 10.7. The van der Waals surface area contributed by atoms with Gasteiger partial charge in [-0.05, 0) is 17.7 Å². The van der Waals surface area contributed by atoms with Gasteiger partial charge in [0, 0.05) is 7.05 Å². The molecule has 0 aliphatic rings. The van der Waals surface area contributed by atoms with Gasteiger partial charge in [0.2, 0.25) is 0 Å². The summed E-state index contributed by atoms with van der Waals surface area (Å²) in [6, 6.07) is 5.74. The van der Waals surface area contributed by atoms with Gasteiger partial charge in [0.15, 0.2) is 11.5 Å². The first kappa shape index (κ1) is 12.5. The van der Waals surface area contributed by atoms with E-state index in [1.807, 2.05) is 30.4 Å². The van der Waals surface area contributed by atoms with Gasteiger partial charge in [-0.25, -0.2) is 5.48 Å². The van der Waals surface area contributed by atoms with E-state index in [9.17, 15) is 0 Å². The zero-order valence-corrected chi connectivity index (χ0v) is 9.82. The summed E-state index contributed by atoms with van der Waals surface area (Å²) in [5.74, 6) is 1.45. The van der Waals surface area contributed by atoms with Gasteiger partial charge in [0.05, 0.1) is 20.8 Å². The summed E-state index contributed by atoms with van der Waals surface area (Å²) in [6.45, 7) is 0.519. The van der Waals surface area contributed by atoms with Crippen LogP contribution in [0.1, 0.15) is 5.56 Å². The summed E-state index contributed by atoms with van der Waals surface area (Å²) in [7, 11) is 4.97. The number of nitrogens with one attached hydrogen (secondary N) is 1. The van der Waals surface area contributed by atoms with E-state index in [-0.39, 0.29) is 0 Å². The molecule has 0 radical (unpaired) electrons. The van der Waals surface area contributed by atoms with Crippen LogP contribution in [0.2, 0.25) is 0 Å². The minimum Gasteiger partial charge on any atom is -0.493 e. The average Bonchev–Trinajstić information content (AvgIpc) is 2.34. The lowest BCUT2D eigenvalue weighted by atomic mass is 10.2. The molecule has 4 heteroatoms. The molecule has 0 bridgehead atoms. The topological polar surface area (TPSA) is 39.7 Å². The first-order chi connectivity index (χ1) is 7.81. The van der Waals surface area contributed by atoms with E-state index in [2.05, 4.69) is 5.48 Å². The van der Waals surface area contributed by atoms with Gasteiger partial charge >= 0.3 is 0 Å². The highest BCUT2D eigenvalue weighted by atomic mass is 16.6. The quantitative estimate of drug-likeness (QED) is 0.590. The molecule has 1 aromatic rings. The number of benzene rings is 1. The Balaban J connectivity index is 2.71. The summed E-state index contributed by atoms with van der Waals surface area (Å²) in [4.78, 5) is 4.96. The Kier molecular flexibility index (Phi) is 5.39. The average molecular weight is 223 g/mol. The van der Waals surface area contributed by atoms with Crippen molar-refractivity contribution in [2.75, 3.05) is 27.9 Å². The maximum Gasteiger partial charge on any atom is 0.161 e. The predicted octanol–water partition coefficient (Wildman–Crippen LogP) is 1.87. The SMILES string of the molecule is CNOC/C=C/c1ccc(OC)c(OC)c1. The number of hydrogen-bond donors (Lipinski definition) is 1. The van der Waals surface area contributed by atoms with E-state index >= 15 is 0 Å². The van der Waals surface area contributed by atoms with Crippen molar-refractivity contribution in [1.82, 2.24) is 5.48 Å². The van der Waals surface area contributed by atoms with Crippen molar-refractivity contribution in [3.63, 3.8) is 0 Å². The third kappa shape index (κ3) is 3.56. The van der Waals surface area contributed by atoms with Crippen LogP contribution in [0.5, 0.6) is 11.5 Å². The summed E-state index contributed by atoms with van der Waals surface area (Å²) in [5, 5.41) is 0. The van der Waals surface area contributed by atoms with Gasteiger partial charge in [-0.1, -0.05) is 18.2 Å². The van der Waals surface area contributed by atoms with Crippen molar-refractivity contribution in [3.8, 4) is 11.5 Å². The standard InChI is InChI=1S/C12H17NO3/c1-13-16-8-4-5-10-6-7-11(14-2)12(9-10)15-3/h4-7,9,13H,8H2,1-3H3/b5-4+. The molecule has 16 heavy (non-hydrogen) atoms. The molecule has 0 aliphatic carbocycles. The second kappa shape index (κ2) is 6.87. The Bertz CT molecular complexity index is 350.